The standard InChI is InChI=1S/C26H20N2/c1-18-14-16-21(17-15-18)25-24(20-9-3-2-4-10-20)27-26(28-25)23-13-7-11-19-8-5-6-12-22(19)23/h2-17H,1H3,(H,27,28). The monoisotopic (exact) mass is 360 g/mol. The maximum absolute atomic E-state index is 5.04. The summed E-state index contributed by atoms with van der Waals surface area (Å²) >= 11 is 0. The molecule has 5 rings (SSSR count). The molecule has 134 valence electrons. The Morgan fingerprint density at radius 3 is 2.18 bits per heavy atom. The average molecular weight is 360 g/mol. The third-order valence-corrected chi connectivity index (χ3v) is 5.14. The Labute approximate surface area is 164 Å². The lowest BCUT2D eigenvalue weighted by Crippen LogP contribution is -1.84. The van der Waals surface area contributed by atoms with E-state index in [-0.39, 0.29) is 0 Å². The molecular weight excluding hydrogens is 340 g/mol. The van der Waals surface area contributed by atoms with Crippen LogP contribution in [0.4, 0.5) is 0 Å². The highest BCUT2D eigenvalue weighted by atomic mass is 14.9. The maximum atomic E-state index is 5.04. The highest BCUT2D eigenvalue weighted by molar-refractivity contribution is 5.96. The van der Waals surface area contributed by atoms with Gasteiger partial charge in [-0.1, -0.05) is 103 Å². The fraction of sp³-hybridized carbons (Fsp3) is 0.0385. The molecule has 0 atom stereocenters. The second-order valence-corrected chi connectivity index (χ2v) is 7.07. The van der Waals surface area contributed by atoms with Gasteiger partial charge in [-0.3, -0.25) is 0 Å². The van der Waals surface area contributed by atoms with Crippen LogP contribution < -0.4 is 0 Å². The van der Waals surface area contributed by atoms with Crippen molar-refractivity contribution in [1.29, 1.82) is 0 Å². The molecule has 0 saturated carbocycles. The number of rotatable bonds is 3. The minimum atomic E-state index is 0.895. The molecule has 1 N–H and O–H groups in total. The number of aryl methyl sites for hydroxylation is 1. The van der Waals surface area contributed by atoms with Gasteiger partial charge in [0.15, 0.2) is 0 Å². The van der Waals surface area contributed by atoms with Crippen molar-refractivity contribution in [2.75, 3.05) is 0 Å². The predicted octanol–water partition coefficient (Wildman–Crippen LogP) is 6.87. The third-order valence-electron chi connectivity index (χ3n) is 5.14. The highest BCUT2D eigenvalue weighted by Crippen LogP contribution is 2.35. The van der Waals surface area contributed by atoms with Gasteiger partial charge < -0.3 is 4.98 Å². The smallest absolute Gasteiger partial charge is 0.139 e. The summed E-state index contributed by atoms with van der Waals surface area (Å²) < 4.78 is 0. The van der Waals surface area contributed by atoms with Crippen molar-refractivity contribution in [3.63, 3.8) is 0 Å². The van der Waals surface area contributed by atoms with Gasteiger partial charge in [-0.05, 0) is 17.7 Å². The lowest BCUT2D eigenvalue weighted by Gasteiger charge is -2.04. The van der Waals surface area contributed by atoms with Crippen molar-refractivity contribution in [2.24, 2.45) is 0 Å². The zero-order valence-electron chi connectivity index (χ0n) is 15.7. The lowest BCUT2D eigenvalue weighted by molar-refractivity contribution is 1.32. The number of aromatic amines is 1. The van der Waals surface area contributed by atoms with E-state index in [4.69, 9.17) is 4.98 Å². The summed E-state index contributed by atoms with van der Waals surface area (Å²) in [5, 5.41) is 2.42. The number of H-pyrrole nitrogens is 1. The van der Waals surface area contributed by atoms with E-state index in [0.29, 0.717) is 0 Å². The topological polar surface area (TPSA) is 28.7 Å². The number of imidazole rings is 1. The minimum Gasteiger partial charge on any atom is -0.337 e. The van der Waals surface area contributed by atoms with E-state index >= 15 is 0 Å². The zero-order valence-corrected chi connectivity index (χ0v) is 15.7. The van der Waals surface area contributed by atoms with Crippen LogP contribution in [0.25, 0.3) is 44.7 Å². The maximum Gasteiger partial charge on any atom is 0.139 e. The molecule has 0 fully saturated rings. The van der Waals surface area contributed by atoms with Gasteiger partial charge in [0.05, 0.1) is 11.4 Å². The predicted molar refractivity (Wildman–Crippen MR) is 117 cm³/mol. The van der Waals surface area contributed by atoms with E-state index in [1.165, 1.54) is 16.3 Å². The van der Waals surface area contributed by atoms with Gasteiger partial charge in [0.25, 0.3) is 0 Å². The fourth-order valence-corrected chi connectivity index (χ4v) is 3.67. The van der Waals surface area contributed by atoms with Gasteiger partial charge in [0, 0.05) is 16.7 Å². The summed E-state index contributed by atoms with van der Waals surface area (Å²) in [6.07, 6.45) is 0. The molecule has 0 radical (unpaired) electrons. The van der Waals surface area contributed by atoms with Crippen LogP contribution in [0.2, 0.25) is 0 Å². The van der Waals surface area contributed by atoms with Crippen LogP contribution >= 0.6 is 0 Å². The molecule has 5 aromatic rings. The summed E-state index contributed by atoms with van der Waals surface area (Å²) in [6, 6.07) is 33.8. The normalized spacial score (nSPS) is 11.0. The van der Waals surface area contributed by atoms with Crippen LogP contribution in [0.1, 0.15) is 5.56 Å². The second-order valence-electron chi connectivity index (χ2n) is 7.07. The molecule has 2 nitrogen and oxygen atoms in total. The molecule has 4 aromatic carbocycles. The first kappa shape index (κ1) is 16.5. The molecule has 0 bridgehead atoms. The molecule has 0 saturated heterocycles. The molecule has 0 aliphatic carbocycles. The van der Waals surface area contributed by atoms with Crippen LogP contribution in [0.15, 0.2) is 97.1 Å². The SMILES string of the molecule is Cc1ccc(-c2[nH]c(-c3cccc4ccccc34)nc2-c2ccccc2)cc1. The number of nitrogens with zero attached hydrogens (tertiary/aromatic N) is 1. The quantitative estimate of drug-likeness (QED) is 0.373. The van der Waals surface area contributed by atoms with Crippen LogP contribution in [0.3, 0.4) is 0 Å². The first-order chi connectivity index (χ1) is 13.8. The van der Waals surface area contributed by atoms with Crippen molar-refractivity contribution < 1.29 is 0 Å². The summed E-state index contributed by atoms with van der Waals surface area (Å²) in [7, 11) is 0. The van der Waals surface area contributed by atoms with Crippen LogP contribution in [-0.2, 0) is 0 Å². The second kappa shape index (κ2) is 6.82. The van der Waals surface area contributed by atoms with Crippen molar-refractivity contribution in [1.82, 2.24) is 9.97 Å². The number of fused-ring (bicyclic) bond motifs is 1. The molecule has 0 unspecified atom stereocenters. The molecule has 0 aliphatic rings. The highest BCUT2D eigenvalue weighted by Gasteiger charge is 2.16. The Bertz CT molecular complexity index is 1240. The number of benzene rings is 4. The van der Waals surface area contributed by atoms with Gasteiger partial charge >= 0.3 is 0 Å². The first-order valence-electron chi connectivity index (χ1n) is 9.50. The summed E-state index contributed by atoms with van der Waals surface area (Å²) in [4.78, 5) is 8.66. The lowest BCUT2D eigenvalue weighted by atomic mass is 10.0. The third kappa shape index (κ3) is 2.89. The molecule has 2 heteroatoms. The van der Waals surface area contributed by atoms with Gasteiger partial charge in [-0.15, -0.1) is 0 Å². The van der Waals surface area contributed by atoms with Crippen molar-refractivity contribution >= 4 is 10.8 Å². The number of aromatic nitrogens is 2. The van der Waals surface area contributed by atoms with Gasteiger partial charge in [-0.25, -0.2) is 4.98 Å². The number of hydrogen-bond acceptors (Lipinski definition) is 1. The Morgan fingerprint density at radius 2 is 1.36 bits per heavy atom. The van der Waals surface area contributed by atoms with Crippen molar-refractivity contribution in [3.05, 3.63) is 103 Å². The largest absolute Gasteiger partial charge is 0.337 e. The fourth-order valence-electron chi connectivity index (χ4n) is 3.67. The Kier molecular flexibility index (Phi) is 4.02. The Hall–Kier alpha value is -3.65. The summed E-state index contributed by atoms with van der Waals surface area (Å²) in [5.41, 5.74) is 6.65. The number of nitrogens with one attached hydrogen (secondary N) is 1. The van der Waals surface area contributed by atoms with Gasteiger partial charge in [0.2, 0.25) is 0 Å². The molecule has 1 aromatic heterocycles. The van der Waals surface area contributed by atoms with Crippen molar-refractivity contribution in [3.8, 4) is 33.9 Å². The molecule has 0 aliphatic heterocycles. The van der Waals surface area contributed by atoms with E-state index in [0.717, 1.165) is 33.9 Å². The zero-order chi connectivity index (χ0) is 18.9. The van der Waals surface area contributed by atoms with Crippen LogP contribution in [0.5, 0.6) is 0 Å². The van der Waals surface area contributed by atoms with E-state index in [9.17, 15) is 0 Å². The van der Waals surface area contributed by atoms with Gasteiger partial charge in [-0.2, -0.15) is 0 Å². The molecular formula is C26H20N2. The molecule has 0 spiro atoms. The van der Waals surface area contributed by atoms with E-state index in [1.807, 2.05) is 6.07 Å². The number of hydrogen-bond donors (Lipinski definition) is 1. The molecule has 1 heterocycles. The first-order valence-corrected chi connectivity index (χ1v) is 9.50. The summed E-state index contributed by atoms with van der Waals surface area (Å²) in [5.74, 6) is 0.895. The van der Waals surface area contributed by atoms with Crippen LogP contribution in [0, 0.1) is 6.92 Å². The van der Waals surface area contributed by atoms with Crippen LogP contribution in [-0.4, -0.2) is 9.97 Å². The molecule has 0 amide bonds. The van der Waals surface area contributed by atoms with E-state index in [1.54, 1.807) is 0 Å². The summed E-state index contributed by atoms with van der Waals surface area (Å²) in [6.45, 7) is 2.11. The van der Waals surface area contributed by atoms with E-state index < -0.39 is 0 Å². The molecule has 28 heavy (non-hydrogen) atoms. The average Bonchev–Trinajstić information content (AvgIpc) is 3.20. The van der Waals surface area contributed by atoms with Crippen molar-refractivity contribution in [2.45, 2.75) is 6.92 Å². The Balaban J connectivity index is 1.75. The Morgan fingerprint density at radius 1 is 0.643 bits per heavy atom. The van der Waals surface area contributed by atoms with Gasteiger partial charge in [0.1, 0.15) is 5.82 Å². The minimum absolute atomic E-state index is 0.895. The van der Waals surface area contributed by atoms with E-state index in [2.05, 4.69) is 103 Å².